The van der Waals surface area contributed by atoms with E-state index in [9.17, 15) is 9.59 Å². The summed E-state index contributed by atoms with van der Waals surface area (Å²) in [5.41, 5.74) is 0.302. The molecule has 0 bridgehead atoms. The first-order chi connectivity index (χ1) is 10.5. The average molecular weight is 307 g/mol. The third-order valence-corrected chi connectivity index (χ3v) is 3.19. The highest BCUT2D eigenvalue weighted by Crippen LogP contribution is 2.14. The Morgan fingerprint density at radius 3 is 2.91 bits per heavy atom. The Hall–Kier alpha value is -2.15. The first-order valence-corrected chi connectivity index (χ1v) is 7.27. The standard InChI is InChI=1S/C15H21N3O4/c1-10(2)22-13-6-4-5-11(17-13)15(20)18-7-8-21-12(9-18)14(19)16-3/h4-6,10,12H,7-9H2,1-3H3,(H,16,19). The van der Waals surface area contributed by atoms with E-state index in [1.807, 2.05) is 13.8 Å². The molecule has 1 aliphatic rings. The Bertz CT molecular complexity index is 547. The number of amides is 2. The van der Waals surface area contributed by atoms with Crippen molar-refractivity contribution in [2.45, 2.75) is 26.1 Å². The molecule has 1 saturated heterocycles. The maximum absolute atomic E-state index is 12.5. The van der Waals surface area contributed by atoms with Gasteiger partial charge in [0, 0.05) is 19.7 Å². The van der Waals surface area contributed by atoms with Crippen molar-refractivity contribution in [3.8, 4) is 5.88 Å². The fraction of sp³-hybridized carbons (Fsp3) is 0.533. The van der Waals surface area contributed by atoms with Crippen LogP contribution in [0.1, 0.15) is 24.3 Å². The summed E-state index contributed by atoms with van der Waals surface area (Å²) in [5, 5.41) is 2.53. The molecular formula is C15H21N3O4. The van der Waals surface area contributed by atoms with Crippen molar-refractivity contribution in [2.75, 3.05) is 26.7 Å². The monoisotopic (exact) mass is 307 g/mol. The Morgan fingerprint density at radius 1 is 1.45 bits per heavy atom. The number of ether oxygens (including phenoxy) is 2. The van der Waals surface area contributed by atoms with Crippen molar-refractivity contribution in [3.63, 3.8) is 0 Å². The second-order valence-electron chi connectivity index (χ2n) is 5.25. The number of hydrogen-bond acceptors (Lipinski definition) is 5. The lowest BCUT2D eigenvalue weighted by Crippen LogP contribution is -2.51. The molecule has 1 unspecified atom stereocenters. The highest BCUT2D eigenvalue weighted by atomic mass is 16.5. The molecule has 0 saturated carbocycles. The number of aromatic nitrogens is 1. The van der Waals surface area contributed by atoms with E-state index < -0.39 is 6.10 Å². The summed E-state index contributed by atoms with van der Waals surface area (Å²) >= 11 is 0. The van der Waals surface area contributed by atoms with Crippen molar-refractivity contribution in [3.05, 3.63) is 23.9 Å². The normalized spacial score (nSPS) is 18.2. The summed E-state index contributed by atoms with van der Waals surface area (Å²) in [6, 6.07) is 5.08. The molecule has 1 aromatic heterocycles. The Labute approximate surface area is 129 Å². The fourth-order valence-corrected chi connectivity index (χ4v) is 2.16. The molecule has 7 nitrogen and oxygen atoms in total. The lowest BCUT2D eigenvalue weighted by molar-refractivity contribution is -0.136. The molecule has 2 amide bonds. The zero-order chi connectivity index (χ0) is 16.1. The lowest BCUT2D eigenvalue weighted by Gasteiger charge is -2.31. The van der Waals surface area contributed by atoms with Crippen LogP contribution < -0.4 is 10.1 Å². The summed E-state index contributed by atoms with van der Waals surface area (Å²) in [7, 11) is 1.54. The first kappa shape index (κ1) is 16.2. The van der Waals surface area contributed by atoms with E-state index in [0.717, 1.165) is 0 Å². The molecular weight excluding hydrogens is 286 g/mol. The fourth-order valence-electron chi connectivity index (χ4n) is 2.16. The number of nitrogens with one attached hydrogen (secondary N) is 1. The first-order valence-electron chi connectivity index (χ1n) is 7.27. The van der Waals surface area contributed by atoms with E-state index in [1.165, 1.54) is 0 Å². The SMILES string of the molecule is CNC(=O)C1CN(C(=O)c2cccc(OC(C)C)n2)CCO1. The van der Waals surface area contributed by atoms with E-state index in [1.54, 1.807) is 30.1 Å². The largest absolute Gasteiger partial charge is 0.475 e. The summed E-state index contributed by atoms with van der Waals surface area (Å²) < 4.78 is 10.9. The minimum atomic E-state index is -0.641. The number of likely N-dealkylation sites (N-methyl/N-ethyl adjacent to an activating group) is 1. The Morgan fingerprint density at radius 2 is 2.23 bits per heavy atom. The van der Waals surface area contributed by atoms with Gasteiger partial charge in [-0.05, 0) is 19.9 Å². The van der Waals surface area contributed by atoms with Gasteiger partial charge in [-0.25, -0.2) is 4.98 Å². The molecule has 2 heterocycles. The Balaban J connectivity index is 2.09. The number of hydrogen-bond donors (Lipinski definition) is 1. The van der Waals surface area contributed by atoms with Gasteiger partial charge in [0.25, 0.3) is 11.8 Å². The maximum atomic E-state index is 12.5. The number of carbonyl (C=O) groups is 2. The Kier molecular flexibility index (Phi) is 5.32. The predicted molar refractivity (Wildman–Crippen MR) is 79.7 cm³/mol. The van der Waals surface area contributed by atoms with Crippen LogP contribution in [0.4, 0.5) is 0 Å². The van der Waals surface area contributed by atoms with Crippen molar-refractivity contribution in [2.24, 2.45) is 0 Å². The van der Waals surface area contributed by atoms with Gasteiger partial charge in [-0.2, -0.15) is 0 Å². The molecule has 0 aromatic carbocycles. The van der Waals surface area contributed by atoms with Crippen LogP contribution in [-0.4, -0.2) is 60.7 Å². The van der Waals surface area contributed by atoms with Gasteiger partial charge in [-0.15, -0.1) is 0 Å². The van der Waals surface area contributed by atoms with Crippen molar-refractivity contribution in [1.29, 1.82) is 0 Å². The number of morpholine rings is 1. The van der Waals surface area contributed by atoms with E-state index in [-0.39, 0.29) is 24.5 Å². The van der Waals surface area contributed by atoms with Crippen LogP contribution in [0.2, 0.25) is 0 Å². The molecule has 1 N–H and O–H groups in total. The molecule has 0 radical (unpaired) electrons. The van der Waals surface area contributed by atoms with Crippen LogP contribution in [0.25, 0.3) is 0 Å². The average Bonchev–Trinajstić information content (AvgIpc) is 2.53. The number of carbonyl (C=O) groups excluding carboxylic acids is 2. The zero-order valence-corrected chi connectivity index (χ0v) is 13.0. The zero-order valence-electron chi connectivity index (χ0n) is 13.0. The van der Waals surface area contributed by atoms with Crippen LogP contribution in [0.3, 0.4) is 0 Å². The van der Waals surface area contributed by atoms with E-state index in [0.29, 0.717) is 24.7 Å². The molecule has 7 heteroatoms. The molecule has 1 fully saturated rings. The van der Waals surface area contributed by atoms with Gasteiger partial charge >= 0.3 is 0 Å². The third kappa shape index (κ3) is 3.94. The number of nitrogens with zero attached hydrogens (tertiary/aromatic N) is 2. The van der Waals surface area contributed by atoms with Gasteiger partial charge in [0.1, 0.15) is 5.69 Å². The van der Waals surface area contributed by atoms with E-state index in [4.69, 9.17) is 9.47 Å². The number of pyridine rings is 1. The third-order valence-electron chi connectivity index (χ3n) is 3.19. The summed E-state index contributed by atoms with van der Waals surface area (Å²) in [4.78, 5) is 29.9. The van der Waals surface area contributed by atoms with Crippen molar-refractivity contribution in [1.82, 2.24) is 15.2 Å². The van der Waals surface area contributed by atoms with E-state index in [2.05, 4.69) is 10.3 Å². The number of rotatable bonds is 4. The highest BCUT2D eigenvalue weighted by molar-refractivity contribution is 5.93. The summed E-state index contributed by atoms with van der Waals surface area (Å²) in [5.74, 6) is -0.0503. The highest BCUT2D eigenvalue weighted by Gasteiger charge is 2.29. The van der Waals surface area contributed by atoms with Crippen molar-refractivity contribution >= 4 is 11.8 Å². The maximum Gasteiger partial charge on any atom is 0.272 e. The lowest BCUT2D eigenvalue weighted by atomic mass is 10.2. The van der Waals surface area contributed by atoms with Crippen molar-refractivity contribution < 1.29 is 19.1 Å². The van der Waals surface area contributed by atoms with E-state index >= 15 is 0 Å². The minimum Gasteiger partial charge on any atom is -0.475 e. The minimum absolute atomic E-state index is 0.0149. The van der Waals surface area contributed by atoms with Gasteiger partial charge in [0.15, 0.2) is 6.10 Å². The van der Waals surface area contributed by atoms with Gasteiger partial charge < -0.3 is 19.7 Å². The van der Waals surface area contributed by atoms with Crippen LogP contribution in [0, 0.1) is 0 Å². The van der Waals surface area contributed by atoms with Crippen LogP contribution >= 0.6 is 0 Å². The molecule has 0 spiro atoms. The smallest absolute Gasteiger partial charge is 0.272 e. The summed E-state index contributed by atoms with van der Waals surface area (Å²) in [6.45, 7) is 4.77. The summed E-state index contributed by atoms with van der Waals surface area (Å²) in [6.07, 6.45) is -0.656. The molecule has 1 aromatic rings. The van der Waals surface area contributed by atoms with Gasteiger partial charge in [0.2, 0.25) is 5.88 Å². The van der Waals surface area contributed by atoms with Crippen LogP contribution in [-0.2, 0) is 9.53 Å². The topological polar surface area (TPSA) is 80.8 Å². The molecule has 0 aliphatic carbocycles. The van der Waals surface area contributed by atoms with Gasteiger partial charge in [-0.3, -0.25) is 9.59 Å². The molecule has 120 valence electrons. The molecule has 1 aliphatic heterocycles. The molecule has 22 heavy (non-hydrogen) atoms. The van der Waals surface area contributed by atoms with Crippen LogP contribution in [0.15, 0.2) is 18.2 Å². The van der Waals surface area contributed by atoms with Crippen LogP contribution in [0.5, 0.6) is 5.88 Å². The second-order valence-corrected chi connectivity index (χ2v) is 5.25. The van der Waals surface area contributed by atoms with Gasteiger partial charge in [0.05, 0.1) is 19.3 Å². The van der Waals surface area contributed by atoms with Gasteiger partial charge in [-0.1, -0.05) is 6.07 Å². The molecule has 2 rings (SSSR count). The quantitative estimate of drug-likeness (QED) is 0.874. The molecule has 1 atom stereocenters. The predicted octanol–water partition coefficient (Wildman–Crippen LogP) is 0.456. The second kappa shape index (κ2) is 7.22.